The second kappa shape index (κ2) is 21.6. The van der Waals surface area contributed by atoms with Crippen molar-refractivity contribution in [3.63, 3.8) is 0 Å². The second-order valence-corrected chi connectivity index (χ2v) is 15.9. The molecule has 7 heterocycles. The first-order valence-corrected chi connectivity index (χ1v) is 22.6. The summed E-state index contributed by atoms with van der Waals surface area (Å²) in [5, 5.41) is 11.4. The number of fused-ring (bicyclic) bond motifs is 2. The van der Waals surface area contributed by atoms with Gasteiger partial charge >= 0.3 is 11.4 Å². The Morgan fingerprint density at radius 3 is 1.58 bits per heavy atom. The Balaban J connectivity index is 0.000000208. The van der Waals surface area contributed by atoms with Crippen LogP contribution in [0.15, 0.2) is 74.0 Å². The smallest absolute Gasteiger partial charge is 0.332 e. The number of hydrogen-bond donors (Lipinski definition) is 3. The zero-order valence-electron chi connectivity index (χ0n) is 39.9. The normalized spacial score (nSPS) is 11.2. The highest BCUT2D eigenvalue weighted by atomic mass is 16.5. The number of ether oxygens (including phenoxy) is 4. The van der Waals surface area contributed by atoms with Crippen LogP contribution in [0.5, 0.6) is 23.3 Å². The number of rotatable bonds is 19. The van der Waals surface area contributed by atoms with Crippen LogP contribution in [0, 0.1) is 0 Å². The summed E-state index contributed by atoms with van der Waals surface area (Å²) in [7, 11) is 6.50. The number of methoxy groups -OCH3 is 2. The molecule has 1 aromatic carbocycles. The van der Waals surface area contributed by atoms with Crippen LogP contribution in [0.1, 0.15) is 58.9 Å². The second-order valence-electron chi connectivity index (χ2n) is 15.9. The van der Waals surface area contributed by atoms with Crippen molar-refractivity contribution in [3.05, 3.63) is 102 Å². The van der Waals surface area contributed by atoms with Crippen LogP contribution in [0.2, 0.25) is 0 Å². The van der Waals surface area contributed by atoms with E-state index in [0.29, 0.717) is 115 Å². The molecule has 0 bridgehead atoms. The minimum atomic E-state index is -0.413. The third-order valence-electron chi connectivity index (χ3n) is 10.9. The van der Waals surface area contributed by atoms with Crippen LogP contribution in [-0.2, 0) is 51.7 Å². The SMILES string of the molecule is CCCn1c(=O)c2[nH]c(-c3cc(OCC(=O)Nc4ccc(OC)c(OC)c4)nn3C)nc2n(CCC)c1=O.CCCn1c(=O)c2[nH]c(-c3cc(OCc4ccncc4)nn3C)nc2n(CCC)c1=O. The highest BCUT2D eigenvalue weighted by Crippen LogP contribution is 2.30. The quantitative estimate of drug-likeness (QED) is 0.103. The molecule has 8 aromatic rings. The minimum absolute atomic E-state index is 0.194. The molecule has 0 radical (unpaired) electrons. The fourth-order valence-electron chi connectivity index (χ4n) is 7.62. The first-order valence-electron chi connectivity index (χ1n) is 22.6. The van der Waals surface area contributed by atoms with Crippen molar-refractivity contribution in [2.24, 2.45) is 14.1 Å². The Bertz CT molecular complexity index is 3330. The number of aromatic amines is 2. The van der Waals surface area contributed by atoms with Crippen LogP contribution in [0.25, 0.3) is 45.4 Å². The maximum Gasteiger partial charge on any atom is 0.332 e. The number of H-pyrrole nitrogens is 2. The summed E-state index contributed by atoms with van der Waals surface area (Å²) in [5.74, 6) is 2.08. The van der Waals surface area contributed by atoms with Crippen molar-refractivity contribution in [1.82, 2.24) is 62.7 Å². The predicted molar refractivity (Wildman–Crippen MR) is 257 cm³/mol. The zero-order valence-corrected chi connectivity index (χ0v) is 39.9. The number of aryl methyl sites for hydroxylation is 4. The molecule has 69 heavy (non-hydrogen) atoms. The van der Waals surface area contributed by atoms with Crippen molar-refractivity contribution >= 4 is 33.9 Å². The number of carbonyl (C=O) groups excluding carboxylic acids is 1. The van der Waals surface area contributed by atoms with Crippen LogP contribution in [0.4, 0.5) is 5.69 Å². The lowest BCUT2D eigenvalue weighted by Gasteiger charge is -2.10. The fourth-order valence-corrected chi connectivity index (χ4v) is 7.62. The lowest BCUT2D eigenvalue weighted by molar-refractivity contribution is -0.118. The first kappa shape index (κ1) is 48.7. The molecule has 0 saturated heterocycles. The van der Waals surface area contributed by atoms with Crippen molar-refractivity contribution < 1.29 is 23.7 Å². The van der Waals surface area contributed by atoms with Gasteiger partial charge in [0.1, 0.15) is 29.0 Å². The van der Waals surface area contributed by atoms with Gasteiger partial charge in [0, 0.05) is 76.6 Å². The molecule has 8 rings (SSSR count). The molecule has 0 aliphatic carbocycles. The molecular weight excluding hydrogens is 893 g/mol. The van der Waals surface area contributed by atoms with Crippen LogP contribution >= 0.6 is 0 Å². The average Bonchev–Trinajstić information content (AvgIpc) is 4.16. The summed E-state index contributed by atoms with van der Waals surface area (Å²) in [5.41, 5.74) is 2.42. The van der Waals surface area contributed by atoms with Crippen LogP contribution < -0.4 is 46.8 Å². The van der Waals surface area contributed by atoms with Gasteiger partial charge in [-0.15, -0.1) is 10.2 Å². The molecule has 0 aliphatic rings. The van der Waals surface area contributed by atoms with E-state index >= 15 is 0 Å². The number of nitrogens with one attached hydrogen (secondary N) is 3. The molecule has 0 aliphatic heterocycles. The maximum absolute atomic E-state index is 13.0. The average molecular weight is 949 g/mol. The fraction of sp³-hybridized carbons (Fsp3) is 0.391. The predicted octanol–water partition coefficient (Wildman–Crippen LogP) is 4.22. The van der Waals surface area contributed by atoms with E-state index in [-0.39, 0.29) is 34.9 Å². The molecule has 23 heteroatoms. The molecule has 23 nitrogen and oxygen atoms in total. The third kappa shape index (κ3) is 10.4. The van der Waals surface area contributed by atoms with E-state index in [9.17, 15) is 24.0 Å². The zero-order chi connectivity index (χ0) is 49.4. The summed E-state index contributed by atoms with van der Waals surface area (Å²) in [6, 6.07) is 12.1. The van der Waals surface area contributed by atoms with Gasteiger partial charge in [0.15, 0.2) is 41.0 Å². The van der Waals surface area contributed by atoms with Gasteiger partial charge in [-0.1, -0.05) is 27.7 Å². The monoisotopic (exact) mass is 948 g/mol. The number of benzene rings is 1. The lowest BCUT2D eigenvalue weighted by Crippen LogP contribution is -2.40. The number of anilines is 1. The van der Waals surface area contributed by atoms with E-state index in [4.69, 9.17) is 18.9 Å². The van der Waals surface area contributed by atoms with Gasteiger partial charge in [0.2, 0.25) is 11.8 Å². The Morgan fingerprint density at radius 1 is 0.623 bits per heavy atom. The molecule has 364 valence electrons. The highest BCUT2D eigenvalue weighted by Gasteiger charge is 2.22. The molecule has 0 atom stereocenters. The molecule has 0 fully saturated rings. The third-order valence-corrected chi connectivity index (χ3v) is 10.9. The Morgan fingerprint density at radius 2 is 1.10 bits per heavy atom. The van der Waals surface area contributed by atoms with E-state index in [0.717, 1.165) is 12.0 Å². The van der Waals surface area contributed by atoms with Gasteiger partial charge in [-0.05, 0) is 55.5 Å². The number of aromatic nitrogens is 13. The highest BCUT2D eigenvalue weighted by molar-refractivity contribution is 5.92. The summed E-state index contributed by atoms with van der Waals surface area (Å²) in [6.07, 6.45) is 6.20. The minimum Gasteiger partial charge on any atom is -0.493 e. The Hall–Kier alpha value is -8.24. The van der Waals surface area contributed by atoms with Crippen molar-refractivity contribution in [2.45, 2.75) is 86.2 Å². The Labute approximate surface area is 394 Å². The number of hydrogen-bond acceptors (Lipinski definition) is 14. The van der Waals surface area contributed by atoms with Gasteiger partial charge in [-0.2, -0.15) is 0 Å². The topological polar surface area (TPSA) is 260 Å². The van der Waals surface area contributed by atoms with E-state index in [2.05, 4.69) is 40.4 Å². The maximum atomic E-state index is 13.0. The molecule has 0 spiro atoms. The van der Waals surface area contributed by atoms with E-state index in [1.807, 2.05) is 39.8 Å². The molecular formula is C46H56N14O9. The van der Waals surface area contributed by atoms with Gasteiger partial charge in [-0.25, -0.2) is 19.6 Å². The summed E-state index contributed by atoms with van der Waals surface area (Å²) in [4.78, 5) is 83.4. The molecule has 1 amide bonds. The van der Waals surface area contributed by atoms with Crippen molar-refractivity contribution in [2.75, 3.05) is 26.1 Å². The van der Waals surface area contributed by atoms with Gasteiger partial charge < -0.3 is 34.2 Å². The molecule has 0 unspecified atom stereocenters. The molecule has 7 aromatic heterocycles. The van der Waals surface area contributed by atoms with Crippen LogP contribution in [0.3, 0.4) is 0 Å². The summed E-state index contributed by atoms with van der Waals surface area (Å²) in [6.45, 7) is 9.44. The summed E-state index contributed by atoms with van der Waals surface area (Å²) < 4.78 is 30.6. The lowest BCUT2D eigenvalue weighted by atomic mass is 10.2. The van der Waals surface area contributed by atoms with Gasteiger partial charge in [0.05, 0.1) is 14.2 Å². The van der Waals surface area contributed by atoms with E-state index in [1.165, 1.54) is 32.6 Å². The van der Waals surface area contributed by atoms with Crippen molar-refractivity contribution in [1.29, 1.82) is 0 Å². The number of carbonyl (C=O) groups is 1. The summed E-state index contributed by atoms with van der Waals surface area (Å²) >= 11 is 0. The van der Waals surface area contributed by atoms with E-state index < -0.39 is 11.5 Å². The van der Waals surface area contributed by atoms with Crippen molar-refractivity contribution in [3.8, 4) is 46.3 Å². The van der Waals surface area contributed by atoms with Crippen LogP contribution in [-0.4, -0.2) is 89.5 Å². The molecule has 3 N–H and O–H groups in total. The standard InChI is InChI=1S/C25H31N7O6.C21H25N7O3/c1-6-10-31-23-21(24(34)32(11-7-2)25(31)35)27-22(28-23)16-13-20(29-30(16)3)38-14-19(33)26-15-8-9-17(36-4)18(12-15)37-5;1-4-10-27-19-17(20(29)28(11-5-2)21(27)30)23-18(24-19)15-12-16(25-26(15)3)31-13-14-6-8-22-9-7-14/h8-9,12-13H,6-7,10-11,14H2,1-5H3,(H,26,33)(H,27,28);6-9,12H,4-5,10-11,13H2,1-3H3,(H,23,24). The number of amides is 1. The number of pyridine rings is 1. The largest absolute Gasteiger partial charge is 0.493 e. The van der Waals surface area contributed by atoms with Gasteiger partial charge in [-0.3, -0.25) is 47.0 Å². The van der Waals surface area contributed by atoms with E-state index in [1.54, 1.807) is 66.1 Å². The van der Waals surface area contributed by atoms with Gasteiger partial charge in [0.25, 0.3) is 17.0 Å². The number of nitrogens with zero attached hydrogens (tertiary/aromatic N) is 11. The number of imidazole rings is 2. The first-order chi connectivity index (χ1) is 33.3. The molecule has 0 saturated carbocycles. The Kier molecular flexibility index (Phi) is 15.2.